The Morgan fingerprint density at radius 2 is 2.08 bits per heavy atom. The van der Waals surface area contributed by atoms with E-state index in [2.05, 4.69) is 15.5 Å². The van der Waals surface area contributed by atoms with Crippen molar-refractivity contribution < 1.29 is 4.79 Å². The normalized spacial score (nSPS) is 17.0. The lowest BCUT2D eigenvalue weighted by Crippen LogP contribution is -2.40. The average Bonchev–Trinajstić information content (AvgIpc) is 2.98. The van der Waals surface area contributed by atoms with E-state index in [0.717, 1.165) is 11.4 Å². The van der Waals surface area contributed by atoms with Gasteiger partial charge in [-0.1, -0.05) is 23.2 Å². The molecule has 0 atom stereocenters. The molecule has 0 radical (unpaired) electrons. The van der Waals surface area contributed by atoms with Gasteiger partial charge in [-0.15, -0.1) is 5.53 Å². The third-order valence-electron chi connectivity index (χ3n) is 4.44. The molecule has 0 bridgehead atoms. The first-order chi connectivity index (χ1) is 12.5. The number of rotatable bonds is 2. The van der Waals surface area contributed by atoms with Crippen molar-refractivity contribution in [2.45, 2.75) is 6.42 Å². The second-order valence-corrected chi connectivity index (χ2v) is 6.90. The molecule has 1 N–H and O–H groups in total. The number of aromatic nitrogens is 2. The molecule has 1 aromatic carbocycles. The van der Waals surface area contributed by atoms with Gasteiger partial charge < -0.3 is 4.90 Å². The maximum Gasteiger partial charge on any atom is 0.255 e. The first kappa shape index (κ1) is 17.1. The van der Waals surface area contributed by atoms with E-state index in [9.17, 15) is 4.79 Å². The lowest BCUT2D eigenvalue weighted by molar-refractivity contribution is 0.0753. The maximum atomic E-state index is 12.9. The van der Waals surface area contributed by atoms with E-state index in [1.807, 2.05) is 17.1 Å². The van der Waals surface area contributed by atoms with Crippen molar-refractivity contribution in [3.05, 3.63) is 63.8 Å². The fourth-order valence-electron chi connectivity index (χ4n) is 3.15. The zero-order valence-electron chi connectivity index (χ0n) is 14.0. The molecule has 0 saturated carbocycles. The van der Waals surface area contributed by atoms with Crippen molar-refractivity contribution in [2.75, 3.05) is 25.1 Å². The number of nitrogens with zero attached hydrogens (tertiary/aromatic N) is 5. The Labute approximate surface area is 160 Å². The van der Waals surface area contributed by atoms with Crippen molar-refractivity contribution in [3.63, 3.8) is 0 Å². The Bertz CT molecular complexity index is 888. The van der Waals surface area contributed by atoms with Crippen LogP contribution in [0.5, 0.6) is 0 Å². The Hall–Kier alpha value is -2.35. The molecule has 1 aromatic heterocycles. The summed E-state index contributed by atoms with van der Waals surface area (Å²) in [5.41, 5.74) is 5.79. The summed E-state index contributed by atoms with van der Waals surface area (Å²) in [6.07, 6.45) is 5.68. The molecule has 4 rings (SSSR count). The van der Waals surface area contributed by atoms with Crippen LogP contribution in [0.25, 0.3) is 0 Å². The predicted octanol–water partition coefficient (Wildman–Crippen LogP) is 2.71. The van der Waals surface area contributed by atoms with Gasteiger partial charge in [0.05, 0.1) is 34.7 Å². The molecular formula is C17H16Cl2N6O. The standard InChI is InChI=1S/C17H16Cl2N6O/c1-23-15-10-24(17(26)12-3-2-11(18)8-13(12)19)7-4-14(15)25(22-23)16-9-20-5-6-21-16/h2-3,5-6,8-9,22H,4,7,10H2,1H3. The van der Waals surface area contributed by atoms with E-state index in [4.69, 9.17) is 23.2 Å². The minimum Gasteiger partial charge on any atom is -0.332 e. The second kappa shape index (κ2) is 6.75. The van der Waals surface area contributed by atoms with Gasteiger partial charge in [-0.25, -0.2) is 9.99 Å². The van der Waals surface area contributed by atoms with Crippen LogP contribution in [0.2, 0.25) is 10.0 Å². The number of nitrogens with one attached hydrogen (secondary N) is 1. The Kier molecular flexibility index (Phi) is 4.44. The van der Waals surface area contributed by atoms with Crippen LogP contribution in [-0.2, 0) is 0 Å². The number of benzene rings is 1. The van der Waals surface area contributed by atoms with Gasteiger partial charge in [-0.3, -0.25) is 14.8 Å². The Morgan fingerprint density at radius 3 is 2.81 bits per heavy atom. The molecule has 0 spiro atoms. The quantitative estimate of drug-likeness (QED) is 0.850. The lowest BCUT2D eigenvalue weighted by atomic mass is 10.1. The number of carbonyl (C=O) groups is 1. The highest BCUT2D eigenvalue weighted by molar-refractivity contribution is 6.36. The number of carbonyl (C=O) groups excluding carboxylic acids is 1. The minimum atomic E-state index is -0.107. The third kappa shape index (κ3) is 2.98. The summed E-state index contributed by atoms with van der Waals surface area (Å²) < 4.78 is 0. The minimum absolute atomic E-state index is 0.107. The second-order valence-electron chi connectivity index (χ2n) is 6.05. The SMILES string of the molecule is CN1NN(c2cnccn2)C2=C1CN(C(=O)c1ccc(Cl)cc1Cl)CC2. The number of hydrazine groups is 2. The van der Waals surface area contributed by atoms with Crippen LogP contribution in [0.3, 0.4) is 0 Å². The molecule has 9 heteroatoms. The number of halogens is 2. The zero-order chi connectivity index (χ0) is 18.3. The molecule has 2 aliphatic rings. The fraction of sp³-hybridized carbons (Fsp3) is 0.235. The van der Waals surface area contributed by atoms with Crippen molar-refractivity contribution >= 4 is 34.9 Å². The van der Waals surface area contributed by atoms with Crippen molar-refractivity contribution in [1.82, 2.24) is 25.4 Å². The molecule has 2 aliphatic heterocycles. The van der Waals surface area contributed by atoms with Gasteiger partial charge in [0.1, 0.15) is 0 Å². The van der Waals surface area contributed by atoms with E-state index in [0.29, 0.717) is 40.9 Å². The molecular weight excluding hydrogens is 375 g/mol. The number of hydrogen-bond donors (Lipinski definition) is 1. The van der Waals surface area contributed by atoms with Gasteiger partial charge in [0.25, 0.3) is 5.91 Å². The van der Waals surface area contributed by atoms with Gasteiger partial charge in [0.2, 0.25) is 0 Å². The predicted molar refractivity (Wildman–Crippen MR) is 99.4 cm³/mol. The van der Waals surface area contributed by atoms with Crippen LogP contribution < -0.4 is 10.5 Å². The van der Waals surface area contributed by atoms with Crippen LogP contribution >= 0.6 is 23.2 Å². The monoisotopic (exact) mass is 390 g/mol. The topological polar surface area (TPSA) is 64.6 Å². The van der Waals surface area contributed by atoms with Gasteiger partial charge in [0, 0.05) is 37.4 Å². The zero-order valence-corrected chi connectivity index (χ0v) is 15.5. The van der Waals surface area contributed by atoms with Gasteiger partial charge in [0.15, 0.2) is 5.82 Å². The van der Waals surface area contributed by atoms with E-state index in [1.165, 1.54) is 0 Å². The fourth-order valence-corrected chi connectivity index (χ4v) is 3.64. The number of amides is 1. The van der Waals surface area contributed by atoms with Crippen molar-refractivity contribution in [3.8, 4) is 0 Å². The van der Waals surface area contributed by atoms with Crippen LogP contribution in [0, 0.1) is 0 Å². The highest BCUT2D eigenvalue weighted by Gasteiger charge is 2.34. The molecule has 2 aromatic rings. The van der Waals surface area contributed by atoms with Crippen molar-refractivity contribution in [1.29, 1.82) is 0 Å². The van der Waals surface area contributed by atoms with Crippen LogP contribution in [0.1, 0.15) is 16.8 Å². The van der Waals surface area contributed by atoms with Gasteiger partial charge >= 0.3 is 0 Å². The first-order valence-electron chi connectivity index (χ1n) is 8.07. The average molecular weight is 391 g/mol. The van der Waals surface area contributed by atoms with Crippen molar-refractivity contribution in [2.24, 2.45) is 0 Å². The lowest BCUT2D eigenvalue weighted by Gasteiger charge is -2.30. The number of hydrogen-bond acceptors (Lipinski definition) is 6. The Morgan fingerprint density at radius 1 is 1.23 bits per heavy atom. The van der Waals surface area contributed by atoms with E-state index in [-0.39, 0.29) is 5.91 Å². The van der Waals surface area contributed by atoms with Crippen LogP contribution in [0.15, 0.2) is 48.2 Å². The van der Waals surface area contributed by atoms with E-state index in [1.54, 1.807) is 41.7 Å². The Balaban J connectivity index is 1.58. The largest absolute Gasteiger partial charge is 0.332 e. The number of anilines is 1. The third-order valence-corrected chi connectivity index (χ3v) is 4.99. The molecule has 3 heterocycles. The summed E-state index contributed by atoms with van der Waals surface area (Å²) >= 11 is 12.1. The van der Waals surface area contributed by atoms with Crippen LogP contribution in [-0.4, -0.2) is 45.9 Å². The molecule has 0 unspecified atom stereocenters. The van der Waals surface area contributed by atoms with E-state index >= 15 is 0 Å². The summed E-state index contributed by atoms with van der Waals surface area (Å²) in [7, 11) is 1.91. The molecule has 0 saturated heterocycles. The summed E-state index contributed by atoms with van der Waals surface area (Å²) in [5, 5.41) is 4.67. The van der Waals surface area contributed by atoms with Gasteiger partial charge in [-0.2, -0.15) is 0 Å². The summed E-state index contributed by atoms with van der Waals surface area (Å²) in [4.78, 5) is 23.1. The first-order valence-corrected chi connectivity index (χ1v) is 8.82. The summed E-state index contributed by atoms with van der Waals surface area (Å²) in [6.45, 7) is 1.07. The maximum absolute atomic E-state index is 12.9. The molecule has 0 aliphatic carbocycles. The van der Waals surface area contributed by atoms with Crippen LogP contribution in [0.4, 0.5) is 5.82 Å². The summed E-state index contributed by atoms with van der Waals surface area (Å²) in [6, 6.07) is 4.93. The molecule has 134 valence electrons. The smallest absolute Gasteiger partial charge is 0.255 e. The highest BCUT2D eigenvalue weighted by Crippen LogP contribution is 2.31. The molecule has 26 heavy (non-hydrogen) atoms. The number of likely N-dealkylation sites (N-methyl/N-ethyl adjacent to an activating group) is 1. The molecule has 1 amide bonds. The van der Waals surface area contributed by atoms with Gasteiger partial charge in [-0.05, 0) is 18.2 Å². The van der Waals surface area contributed by atoms with E-state index < -0.39 is 0 Å². The molecule has 7 nitrogen and oxygen atoms in total. The molecule has 0 fully saturated rings. The highest BCUT2D eigenvalue weighted by atomic mass is 35.5. The summed E-state index contributed by atoms with van der Waals surface area (Å²) in [5.74, 6) is 0.606.